The summed E-state index contributed by atoms with van der Waals surface area (Å²) in [6, 6.07) is 8.06. The summed E-state index contributed by atoms with van der Waals surface area (Å²) in [5.74, 6) is 0.867. The smallest absolute Gasteiger partial charge is 0.119 e. The summed E-state index contributed by atoms with van der Waals surface area (Å²) in [6.07, 6.45) is 2.62. The van der Waals surface area contributed by atoms with Crippen LogP contribution in [0.15, 0.2) is 24.3 Å². The first kappa shape index (κ1) is 14.3. The van der Waals surface area contributed by atoms with Crippen molar-refractivity contribution < 1.29 is 9.47 Å². The van der Waals surface area contributed by atoms with Gasteiger partial charge in [0.1, 0.15) is 5.75 Å². The van der Waals surface area contributed by atoms with Crippen LogP contribution in [0.3, 0.4) is 0 Å². The molecule has 2 rings (SSSR count). The van der Waals surface area contributed by atoms with E-state index in [2.05, 4.69) is 11.0 Å². The summed E-state index contributed by atoms with van der Waals surface area (Å²) in [4.78, 5) is 2.42. The van der Waals surface area contributed by atoms with Crippen LogP contribution in [0, 0.1) is 0 Å². The van der Waals surface area contributed by atoms with Crippen LogP contribution in [-0.2, 0) is 4.74 Å². The Morgan fingerprint density at radius 1 is 1.32 bits per heavy atom. The first-order valence-electron chi connectivity index (χ1n) is 6.87. The number of rotatable bonds is 5. The predicted molar refractivity (Wildman–Crippen MR) is 76.4 cm³/mol. The average Bonchev–Trinajstić information content (AvgIpc) is 2.48. The van der Waals surface area contributed by atoms with Crippen molar-refractivity contribution in [3.8, 4) is 5.75 Å². The summed E-state index contributed by atoms with van der Waals surface area (Å²) >= 11 is 0. The average molecular weight is 264 g/mol. The maximum atomic E-state index is 6.29. The topological polar surface area (TPSA) is 47.7 Å². The molecule has 0 radical (unpaired) electrons. The Bertz CT molecular complexity index is 389. The fourth-order valence-corrected chi connectivity index (χ4v) is 2.58. The van der Waals surface area contributed by atoms with Gasteiger partial charge in [-0.15, -0.1) is 0 Å². The maximum Gasteiger partial charge on any atom is 0.119 e. The first-order chi connectivity index (χ1) is 9.22. The van der Waals surface area contributed by atoms with E-state index in [4.69, 9.17) is 15.2 Å². The van der Waals surface area contributed by atoms with Crippen LogP contribution in [0.4, 0.5) is 0 Å². The Kier molecular flexibility index (Phi) is 5.19. The standard InChI is InChI=1S/C15H24N2O2/c1-18-13-6-8-17(9-7-13)11-15(16)12-4-3-5-14(10-12)19-2/h3-5,10,13,15H,6-9,11,16H2,1-2H3. The number of benzene rings is 1. The van der Waals surface area contributed by atoms with Crippen molar-refractivity contribution in [1.82, 2.24) is 4.90 Å². The Labute approximate surface area is 115 Å². The van der Waals surface area contributed by atoms with E-state index in [0.717, 1.165) is 43.8 Å². The Morgan fingerprint density at radius 2 is 2.05 bits per heavy atom. The molecular weight excluding hydrogens is 240 g/mol. The molecule has 1 atom stereocenters. The van der Waals surface area contributed by atoms with Gasteiger partial charge in [0.05, 0.1) is 13.2 Å². The number of likely N-dealkylation sites (tertiary alicyclic amines) is 1. The Morgan fingerprint density at radius 3 is 2.68 bits per heavy atom. The second-order valence-corrected chi connectivity index (χ2v) is 5.12. The highest BCUT2D eigenvalue weighted by Crippen LogP contribution is 2.20. The van der Waals surface area contributed by atoms with Crippen LogP contribution < -0.4 is 10.5 Å². The molecule has 1 aliphatic rings. The molecule has 1 aromatic rings. The normalized spacial score (nSPS) is 19.3. The van der Waals surface area contributed by atoms with Gasteiger partial charge < -0.3 is 20.1 Å². The summed E-state index contributed by atoms with van der Waals surface area (Å²) in [5, 5.41) is 0. The SMILES string of the molecule is COc1cccc(C(N)CN2CCC(OC)CC2)c1. The lowest BCUT2D eigenvalue weighted by Crippen LogP contribution is -2.40. The highest BCUT2D eigenvalue weighted by atomic mass is 16.5. The molecule has 0 amide bonds. The predicted octanol–water partition coefficient (Wildman–Crippen LogP) is 1.81. The largest absolute Gasteiger partial charge is 0.497 e. The van der Waals surface area contributed by atoms with Crippen molar-refractivity contribution in [1.29, 1.82) is 0 Å². The molecule has 1 fully saturated rings. The summed E-state index contributed by atoms with van der Waals surface area (Å²) in [5.41, 5.74) is 7.42. The van der Waals surface area contributed by atoms with E-state index in [9.17, 15) is 0 Å². The third-order valence-corrected chi connectivity index (χ3v) is 3.84. The second-order valence-electron chi connectivity index (χ2n) is 5.12. The van der Waals surface area contributed by atoms with E-state index in [1.807, 2.05) is 18.2 Å². The monoisotopic (exact) mass is 264 g/mol. The molecule has 4 heteroatoms. The Balaban J connectivity index is 1.88. The molecule has 0 saturated carbocycles. The fourth-order valence-electron chi connectivity index (χ4n) is 2.58. The lowest BCUT2D eigenvalue weighted by molar-refractivity contribution is 0.0395. The van der Waals surface area contributed by atoms with E-state index in [1.165, 1.54) is 0 Å². The van der Waals surface area contributed by atoms with E-state index >= 15 is 0 Å². The minimum Gasteiger partial charge on any atom is -0.497 e. The van der Waals surface area contributed by atoms with Crippen LogP contribution in [0.5, 0.6) is 5.75 Å². The molecule has 0 spiro atoms. The van der Waals surface area contributed by atoms with Gasteiger partial charge in [-0.1, -0.05) is 12.1 Å². The lowest BCUT2D eigenvalue weighted by Gasteiger charge is -2.32. The van der Waals surface area contributed by atoms with Crippen molar-refractivity contribution >= 4 is 0 Å². The molecule has 1 aromatic carbocycles. The zero-order valence-corrected chi connectivity index (χ0v) is 11.8. The number of ether oxygens (including phenoxy) is 2. The molecule has 0 aromatic heterocycles. The zero-order chi connectivity index (χ0) is 13.7. The Hall–Kier alpha value is -1.10. The van der Waals surface area contributed by atoms with Gasteiger partial charge in [0.15, 0.2) is 0 Å². The molecule has 0 aliphatic carbocycles. The highest BCUT2D eigenvalue weighted by Gasteiger charge is 2.20. The van der Waals surface area contributed by atoms with Gasteiger partial charge in [-0.25, -0.2) is 0 Å². The van der Waals surface area contributed by atoms with E-state index < -0.39 is 0 Å². The highest BCUT2D eigenvalue weighted by molar-refractivity contribution is 5.30. The van der Waals surface area contributed by atoms with Gasteiger partial charge in [-0.3, -0.25) is 0 Å². The number of hydrogen-bond donors (Lipinski definition) is 1. The van der Waals surface area contributed by atoms with Crippen LogP contribution in [0.25, 0.3) is 0 Å². The van der Waals surface area contributed by atoms with Gasteiger partial charge in [-0.2, -0.15) is 0 Å². The summed E-state index contributed by atoms with van der Waals surface area (Å²) in [6.45, 7) is 3.02. The number of nitrogens with zero attached hydrogens (tertiary/aromatic N) is 1. The molecule has 19 heavy (non-hydrogen) atoms. The number of piperidine rings is 1. The van der Waals surface area contributed by atoms with E-state index in [0.29, 0.717) is 6.10 Å². The van der Waals surface area contributed by atoms with Gasteiger partial charge in [0.2, 0.25) is 0 Å². The van der Waals surface area contributed by atoms with E-state index in [-0.39, 0.29) is 6.04 Å². The fraction of sp³-hybridized carbons (Fsp3) is 0.600. The van der Waals surface area contributed by atoms with Crippen LogP contribution in [0.1, 0.15) is 24.4 Å². The van der Waals surface area contributed by atoms with Crippen molar-refractivity contribution in [2.45, 2.75) is 25.0 Å². The molecule has 4 nitrogen and oxygen atoms in total. The molecule has 1 saturated heterocycles. The third-order valence-electron chi connectivity index (χ3n) is 3.84. The first-order valence-corrected chi connectivity index (χ1v) is 6.87. The lowest BCUT2D eigenvalue weighted by atomic mass is 10.0. The van der Waals surface area contributed by atoms with Crippen LogP contribution >= 0.6 is 0 Å². The van der Waals surface area contributed by atoms with Crippen molar-refractivity contribution in [2.75, 3.05) is 33.9 Å². The number of hydrogen-bond acceptors (Lipinski definition) is 4. The van der Waals surface area contributed by atoms with Crippen molar-refractivity contribution in [3.05, 3.63) is 29.8 Å². The van der Waals surface area contributed by atoms with Crippen LogP contribution in [0.2, 0.25) is 0 Å². The number of methoxy groups -OCH3 is 2. The zero-order valence-electron chi connectivity index (χ0n) is 11.8. The molecule has 106 valence electrons. The summed E-state index contributed by atoms with van der Waals surface area (Å²) in [7, 11) is 3.47. The quantitative estimate of drug-likeness (QED) is 0.881. The second kappa shape index (κ2) is 6.89. The molecular formula is C15H24N2O2. The minimum atomic E-state index is 0.0363. The van der Waals surface area contributed by atoms with Gasteiger partial charge in [0.25, 0.3) is 0 Å². The van der Waals surface area contributed by atoms with E-state index in [1.54, 1.807) is 14.2 Å². The number of nitrogens with two attached hydrogens (primary N) is 1. The molecule has 1 unspecified atom stereocenters. The maximum absolute atomic E-state index is 6.29. The van der Waals surface area contributed by atoms with Gasteiger partial charge >= 0.3 is 0 Å². The molecule has 1 aliphatic heterocycles. The van der Waals surface area contributed by atoms with Crippen LogP contribution in [-0.4, -0.2) is 44.9 Å². The third kappa shape index (κ3) is 3.93. The molecule has 2 N–H and O–H groups in total. The van der Waals surface area contributed by atoms with Crippen molar-refractivity contribution in [3.63, 3.8) is 0 Å². The summed E-state index contributed by atoms with van der Waals surface area (Å²) < 4.78 is 10.6. The molecule has 0 bridgehead atoms. The van der Waals surface area contributed by atoms with Gasteiger partial charge in [-0.05, 0) is 30.5 Å². The van der Waals surface area contributed by atoms with Gasteiger partial charge in [0, 0.05) is 32.8 Å². The minimum absolute atomic E-state index is 0.0363. The molecule has 1 heterocycles. The van der Waals surface area contributed by atoms with Crippen molar-refractivity contribution in [2.24, 2.45) is 5.73 Å².